The lowest BCUT2D eigenvalue weighted by Gasteiger charge is -2.32. The summed E-state index contributed by atoms with van der Waals surface area (Å²) in [7, 11) is 0. The molecular formula is C15H32O. The molecule has 0 fully saturated rings. The zero-order valence-electron chi connectivity index (χ0n) is 12.1. The molecule has 1 heteroatoms. The van der Waals surface area contributed by atoms with Crippen LogP contribution in [0.15, 0.2) is 0 Å². The molecule has 0 aliphatic rings. The Morgan fingerprint density at radius 1 is 0.875 bits per heavy atom. The summed E-state index contributed by atoms with van der Waals surface area (Å²) in [6.45, 7) is 11.7. The van der Waals surface area contributed by atoms with E-state index in [0.717, 1.165) is 6.42 Å². The lowest BCUT2D eigenvalue weighted by Crippen LogP contribution is -2.25. The minimum Gasteiger partial charge on any atom is -0.396 e. The SMILES string of the molecule is CCCCC(CC)(CO)CCCC(C)(C)C. The minimum absolute atomic E-state index is 0.210. The molecule has 0 amide bonds. The molecular weight excluding hydrogens is 196 g/mol. The number of hydrogen-bond donors (Lipinski definition) is 1. The molecule has 0 rings (SSSR count). The van der Waals surface area contributed by atoms with Crippen LogP contribution in [-0.2, 0) is 0 Å². The van der Waals surface area contributed by atoms with Crippen molar-refractivity contribution in [1.82, 2.24) is 0 Å². The van der Waals surface area contributed by atoms with Gasteiger partial charge in [-0.05, 0) is 36.5 Å². The molecule has 0 saturated heterocycles. The van der Waals surface area contributed by atoms with Gasteiger partial charge in [-0.2, -0.15) is 0 Å². The van der Waals surface area contributed by atoms with Crippen molar-refractivity contribution < 1.29 is 5.11 Å². The first-order valence-electron chi connectivity index (χ1n) is 7.00. The van der Waals surface area contributed by atoms with Gasteiger partial charge in [-0.3, -0.25) is 0 Å². The van der Waals surface area contributed by atoms with Crippen molar-refractivity contribution >= 4 is 0 Å². The van der Waals surface area contributed by atoms with Crippen LogP contribution in [0.4, 0.5) is 0 Å². The summed E-state index contributed by atoms with van der Waals surface area (Å²) in [4.78, 5) is 0. The smallest absolute Gasteiger partial charge is 0.0487 e. The van der Waals surface area contributed by atoms with Gasteiger partial charge in [0.15, 0.2) is 0 Å². The Morgan fingerprint density at radius 2 is 1.44 bits per heavy atom. The fourth-order valence-corrected chi connectivity index (χ4v) is 2.29. The van der Waals surface area contributed by atoms with Gasteiger partial charge in [0.05, 0.1) is 0 Å². The van der Waals surface area contributed by atoms with E-state index in [4.69, 9.17) is 0 Å². The number of aliphatic hydroxyl groups excluding tert-OH is 1. The molecule has 0 spiro atoms. The van der Waals surface area contributed by atoms with Crippen LogP contribution in [0.1, 0.15) is 79.6 Å². The molecule has 1 atom stereocenters. The number of rotatable bonds is 8. The maximum atomic E-state index is 9.63. The van der Waals surface area contributed by atoms with E-state index < -0.39 is 0 Å². The Bertz CT molecular complexity index is 163. The molecule has 98 valence electrons. The Labute approximate surface area is 103 Å². The van der Waals surface area contributed by atoms with E-state index >= 15 is 0 Å². The fourth-order valence-electron chi connectivity index (χ4n) is 2.29. The summed E-state index contributed by atoms with van der Waals surface area (Å²) in [5.74, 6) is 0. The minimum atomic E-state index is 0.210. The topological polar surface area (TPSA) is 20.2 Å². The molecule has 1 nitrogen and oxygen atoms in total. The molecule has 0 aromatic heterocycles. The molecule has 0 saturated carbocycles. The van der Waals surface area contributed by atoms with E-state index in [9.17, 15) is 5.11 Å². The summed E-state index contributed by atoms with van der Waals surface area (Å²) >= 11 is 0. The van der Waals surface area contributed by atoms with Crippen molar-refractivity contribution in [3.05, 3.63) is 0 Å². The van der Waals surface area contributed by atoms with Crippen molar-refractivity contribution in [2.45, 2.75) is 79.6 Å². The van der Waals surface area contributed by atoms with Crippen LogP contribution in [0.2, 0.25) is 0 Å². The van der Waals surface area contributed by atoms with Crippen molar-refractivity contribution in [2.75, 3.05) is 6.61 Å². The molecule has 1 unspecified atom stereocenters. The second kappa shape index (κ2) is 7.32. The lowest BCUT2D eigenvalue weighted by molar-refractivity contribution is 0.0913. The highest BCUT2D eigenvalue weighted by atomic mass is 16.3. The molecule has 16 heavy (non-hydrogen) atoms. The molecule has 1 N–H and O–H groups in total. The van der Waals surface area contributed by atoms with E-state index in [1.54, 1.807) is 0 Å². The van der Waals surface area contributed by atoms with Gasteiger partial charge in [-0.25, -0.2) is 0 Å². The quantitative estimate of drug-likeness (QED) is 0.634. The zero-order valence-corrected chi connectivity index (χ0v) is 12.1. The van der Waals surface area contributed by atoms with Crippen LogP contribution >= 0.6 is 0 Å². The van der Waals surface area contributed by atoms with Gasteiger partial charge in [-0.1, -0.05) is 53.9 Å². The van der Waals surface area contributed by atoms with Gasteiger partial charge in [0.25, 0.3) is 0 Å². The third-order valence-corrected chi connectivity index (χ3v) is 3.78. The van der Waals surface area contributed by atoms with Crippen molar-refractivity contribution in [3.8, 4) is 0 Å². The summed E-state index contributed by atoms with van der Waals surface area (Å²) in [6.07, 6.45) is 8.51. The highest BCUT2D eigenvalue weighted by Crippen LogP contribution is 2.35. The highest BCUT2D eigenvalue weighted by Gasteiger charge is 2.26. The van der Waals surface area contributed by atoms with Gasteiger partial charge >= 0.3 is 0 Å². The Kier molecular flexibility index (Phi) is 7.30. The summed E-state index contributed by atoms with van der Waals surface area (Å²) in [5, 5.41) is 9.63. The molecule has 0 aliphatic heterocycles. The van der Waals surface area contributed by atoms with Crippen molar-refractivity contribution in [2.24, 2.45) is 10.8 Å². The average molecular weight is 228 g/mol. The summed E-state index contributed by atoms with van der Waals surface area (Å²) in [5.41, 5.74) is 0.640. The summed E-state index contributed by atoms with van der Waals surface area (Å²) < 4.78 is 0. The van der Waals surface area contributed by atoms with Crippen molar-refractivity contribution in [1.29, 1.82) is 0 Å². The fraction of sp³-hybridized carbons (Fsp3) is 1.00. The van der Waals surface area contributed by atoms with Crippen molar-refractivity contribution in [3.63, 3.8) is 0 Å². The van der Waals surface area contributed by atoms with E-state index in [1.165, 1.54) is 38.5 Å². The number of aliphatic hydroxyl groups is 1. The predicted octanol–water partition coefficient (Wildman–Crippen LogP) is 4.78. The van der Waals surface area contributed by atoms with Gasteiger partial charge in [0, 0.05) is 6.61 Å². The molecule has 0 aromatic rings. The molecule has 0 aliphatic carbocycles. The second-order valence-electron chi connectivity index (χ2n) is 6.53. The average Bonchev–Trinajstić information content (AvgIpc) is 2.22. The van der Waals surface area contributed by atoms with Crippen LogP contribution in [-0.4, -0.2) is 11.7 Å². The van der Waals surface area contributed by atoms with E-state index in [1.807, 2.05) is 0 Å². The largest absolute Gasteiger partial charge is 0.396 e. The van der Waals surface area contributed by atoms with Crippen LogP contribution in [0.5, 0.6) is 0 Å². The van der Waals surface area contributed by atoms with E-state index in [-0.39, 0.29) is 5.41 Å². The molecule has 0 bridgehead atoms. The maximum Gasteiger partial charge on any atom is 0.0487 e. The van der Waals surface area contributed by atoms with Gasteiger partial charge in [-0.15, -0.1) is 0 Å². The highest BCUT2D eigenvalue weighted by molar-refractivity contribution is 4.78. The molecule has 0 aromatic carbocycles. The second-order valence-corrected chi connectivity index (χ2v) is 6.53. The predicted molar refractivity (Wildman–Crippen MR) is 72.6 cm³/mol. The van der Waals surface area contributed by atoms with Crippen LogP contribution in [0.25, 0.3) is 0 Å². The third-order valence-electron chi connectivity index (χ3n) is 3.78. The third kappa shape index (κ3) is 6.52. The first-order chi connectivity index (χ1) is 7.39. The standard InChI is InChI=1S/C15H32O/c1-6-8-11-15(7-2,13-16)12-9-10-14(3,4)5/h16H,6-13H2,1-5H3. The van der Waals surface area contributed by atoms with Crippen LogP contribution < -0.4 is 0 Å². The van der Waals surface area contributed by atoms with E-state index in [2.05, 4.69) is 34.6 Å². The van der Waals surface area contributed by atoms with Crippen LogP contribution in [0, 0.1) is 10.8 Å². The van der Waals surface area contributed by atoms with Gasteiger partial charge in [0.1, 0.15) is 0 Å². The molecule has 0 heterocycles. The van der Waals surface area contributed by atoms with Gasteiger partial charge < -0.3 is 5.11 Å². The summed E-state index contributed by atoms with van der Waals surface area (Å²) in [6, 6.07) is 0. The normalized spacial score (nSPS) is 16.1. The van der Waals surface area contributed by atoms with Gasteiger partial charge in [0.2, 0.25) is 0 Å². The first kappa shape index (κ1) is 16.0. The zero-order chi connectivity index (χ0) is 12.7. The number of unbranched alkanes of at least 4 members (excludes halogenated alkanes) is 1. The lowest BCUT2D eigenvalue weighted by atomic mass is 9.75. The van der Waals surface area contributed by atoms with E-state index in [0.29, 0.717) is 12.0 Å². The Hall–Kier alpha value is -0.0400. The van der Waals surface area contributed by atoms with Crippen LogP contribution in [0.3, 0.4) is 0 Å². The Morgan fingerprint density at radius 3 is 1.81 bits per heavy atom. The number of hydrogen-bond acceptors (Lipinski definition) is 1. The monoisotopic (exact) mass is 228 g/mol. The first-order valence-corrected chi connectivity index (χ1v) is 7.00. The Balaban J connectivity index is 4.11. The maximum absolute atomic E-state index is 9.63. The molecule has 0 radical (unpaired) electrons.